The van der Waals surface area contributed by atoms with E-state index >= 15 is 0 Å². The average molecular weight is 369 g/mol. The Hall–Kier alpha value is -1.42. The van der Waals surface area contributed by atoms with Crippen LogP contribution < -0.4 is 10.4 Å². The molecule has 0 amide bonds. The standard InChI is InChI=1S/C23H32O2Si/c1-20(2)18-24-26(22-14-8-4-9-15-22,23-16-10-5-11-17-23)25-19-21-12-6-3-7-13-21/h4-5,8-11,14-17,20-21H,3,6-7,12-13,18-19H2,1-2H3. The van der Waals surface area contributed by atoms with Crippen LogP contribution in [-0.4, -0.2) is 21.8 Å². The molecule has 3 heteroatoms. The Morgan fingerprint density at radius 1 is 0.808 bits per heavy atom. The Bertz CT molecular complexity index is 596. The Kier molecular flexibility index (Phi) is 7.06. The zero-order valence-electron chi connectivity index (χ0n) is 16.2. The molecule has 0 heterocycles. The smallest absolute Gasteiger partial charge is 0.387 e. The van der Waals surface area contributed by atoms with Crippen LogP contribution in [0.3, 0.4) is 0 Å². The van der Waals surface area contributed by atoms with Gasteiger partial charge in [-0.05, 0) is 35.1 Å². The first-order valence-corrected chi connectivity index (χ1v) is 11.9. The predicted octanol–water partition coefficient (Wildman–Crippen LogP) is 4.51. The van der Waals surface area contributed by atoms with E-state index in [1.54, 1.807) is 0 Å². The fourth-order valence-electron chi connectivity index (χ4n) is 3.73. The monoisotopic (exact) mass is 368 g/mol. The summed E-state index contributed by atoms with van der Waals surface area (Å²) in [5.41, 5.74) is 0. The van der Waals surface area contributed by atoms with Crippen molar-refractivity contribution in [1.82, 2.24) is 0 Å². The number of rotatable bonds is 8. The van der Waals surface area contributed by atoms with Crippen LogP contribution in [0.25, 0.3) is 0 Å². The van der Waals surface area contributed by atoms with E-state index in [1.165, 1.54) is 42.5 Å². The van der Waals surface area contributed by atoms with Gasteiger partial charge >= 0.3 is 8.56 Å². The molecule has 1 fully saturated rings. The lowest BCUT2D eigenvalue weighted by molar-refractivity contribution is 0.138. The van der Waals surface area contributed by atoms with Crippen LogP contribution >= 0.6 is 0 Å². The largest absolute Gasteiger partial charge is 0.407 e. The highest BCUT2D eigenvalue weighted by Crippen LogP contribution is 2.25. The van der Waals surface area contributed by atoms with E-state index in [2.05, 4.69) is 74.5 Å². The molecule has 2 aromatic rings. The minimum atomic E-state index is -2.69. The highest BCUT2D eigenvalue weighted by molar-refractivity contribution is 6.92. The van der Waals surface area contributed by atoms with Gasteiger partial charge in [0, 0.05) is 13.2 Å². The van der Waals surface area contributed by atoms with Gasteiger partial charge in [-0.1, -0.05) is 93.8 Å². The summed E-state index contributed by atoms with van der Waals surface area (Å²) in [4.78, 5) is 0. The lowest BCUT2D eigenvalue weighted by Crippen LogP contribution is -2.64. The fraction of sp³-hybridized carbons (Fsp3) is 0.478. The zero-order valence-corrected chi connectivity index (χ0v) is 17.2. The van der Waals surface area contributed by atoms with E-state index in [0.29, 0.717) is 11.8 Å². The highest BCUT2D eigenvalue weighted by atomic mass is 28.4. The van der Waals surface area contributed by atoms with Crippen molar-refractivity contribution in [1.29, 1.82) is 0 Å². The van der Waals surface area contributed by atoms with Gasteiger partial charge in [-0.3, -0.25) is 0 Å². The van der Waals surface area contributed by atoms with Gasteiger partial charge in [0.2, 0.25) is 0 Å². The molecule has 2 aromatic carbocycles. The average Bonchev–Trinajstić information content (AvgIpc) is 2.70. The van der Waals surface area contributed by atoms with Gasteiger partial charge in [-0.25, -0.2) is 0 Å². The summed E-state index contributed by atoms with van der Waals surface area (Å²) < 4.78 is 13.5. The first-order chi connectivity index (χ1) is 12.7. The normalized spacial score (nSPS) is 16.1. The van der Waals surface area contributed by atoms with Gasteiger partial charge in [0.05, 0.1) is 0 Å². The molecule has 0 aliphatic heterocycles. The summed E-state index contributed by atoms with van der Waals surface area (Å²) in [5, 5.41) is 2.42. The van der Waals surface area contributed by atoms with Crippen molar-refractivity contribution in [2.75, 3.05) is 13.2 Å². The van der Waals surface area contributed by atoms with Crippen LogP contribution in [0.1, 0.15) is 46.0 Å². The Morgan fingerprint density at radius 2 is 1.35 bits per heavy atom. The van der Waals surface area contributed by atoms with Crippen molar-refractivity contribution < 1.29 is 8.85 Å². The van der Waals surface area contributed by atoms with Crippen LogP contribution in [0.4, 0.5) is 0 Å². The summed E-state index contributed by atoms with van der Waals surface area (Å²) in [6.45, 7) is 5.95. The lowest BCUT2D eigenvalue weighted by Gasteiger charge is -2.34. The minimum absolute atomic E-state index is 0.479. The third kappa shape index (κ3) is 4.85. The van der Waals surface area contributed by atoms with Crippen LogP contribution in [0.5, 0.6) is 0 Å². The molecule has 0 bridgehead atoms. The molecule has 2 nitrogen and oxygen atoms in total. The minimum Gasteiger partial charge on any atom is -0.387 e. The molecule has 0 saturated heterocycles. The van der Waals surface area contributed by atoms with Gasteiger partial charge in [0.25, 0.3) is 0 Å². The quantitative estimate of drug-likeness (QED) is 0.638. The molecule has 140 valence electrons. The van der Waals surface area contributed by atoms with Crippen LogP contribution in [0.2, 0.25) is 0 Å². The number of benzene rings is 2. The second-order valence-electron chi connectivity index (χ2n) is 7.87. The molecule has 0 atom stereocenters. The molecule has 0 radical (unpaired) electrons. The maximum absolute atomic E-state index is 6.81. The van der Waals surface area contributed by atoms with Gasteiger partial charge < -0.3 is 8.85 Å². The van der Waals surface area contributed by atoms with E-state index in [4.69, 9.17) is 8.85 Å². The topological polar surface area (TPSA) is 18.5 Å². The molecule has 1 saturated carbocycles. The van der Waals surface area contributed by atoms with Gasteiger partial charge in [0.15, 0.2) is 0 Å². The van der Waals surface area contributed by atoms with Crippen LogP contribution in [0, 0.1) is 11.8 Å². The molecule has 0 aromatic heterocycles. The Labute approximate surface area is 159 Å². The number of hydrogen-bond donors (Lipinski definition) is 0. The van der Waals surface area contributed by atoms with E-state index in [-0.39, 0.29) is 0 Å². The summed E-state index contributed by atoms with van der Waals surface area (Å²) >= 11 is 0. The van der Waals surface area contributed by atoms with E-state index in [0.717, 1.165) is 13.2 Å². The van der Waals surface area contributed by atoms with E-state index < -0.39 is 8.56 Å². The molecule has 1 aliphatic rings. The van der Waals surface area contributed by atoms with Crippen molar-refractivity contribution in [3.63, 3.8) is 0 Å². The molecular weight excluding hydrogens is 336 g/mol. The molecule has 0 unspecified atom stereocenters. The number of hydrogen-bond acceptors (Lipinski definition) is 2. The van der Waals surface area contributed by atoms with Crippen molar-refractivity contribution in [2.24, 2.45) is 11.8 Å². The van der Waals surface area contributed by atoms with Crippen molar-refractivity contribution in [3.05, 3.63) is 60.7 Å². The summed E-state index contributed by atoms with van der Waals surface area (Å²) in [6, 6.07) is 21.3. The molecule has 0 spiro atoms. The predicted molar refractivity (Wildman–Crippen MR) is 111 cm³/mol. The van der Waals surface area contributed by atoms with Gasteiger partial charge in [-0.15, -0.1) is 0 Å². The molecule has 0 N–H and O–H groups in total. The summed E-state index contributed by atoms with van der Waals surface area (Å²) in [5.74, 6) is 1.15. The molecular formula is C23H32O2Si. The van der Waals surface area contributed by atoms with Crippen molar-refractivity contribution >= 4 is 18.9 Å². The van der Waals surface area contributed by atoms with Crippen molar-refractivity contribution in [2.45, 2.75) is 46.0 Å². The highest BCUT2D eigenvalue weighted by Gasteiger charge is 2.43. The van der Waals surface area contributed by atoms with E-state index in [1.807, 2.05) is 0 Å². The van der Waals surface area contributed by atoms with Crippen molar-refractivity contribution in [3.8, 4) is 0 Å². The summed E-state index contributed by atoms with van der Waals surface area (Å²) in [7, 11) is -2.69. The maximum atomic E-state index is 6.81. The van der Waals surface area contributed by atoms with Gasteiger partial charge in [-0.2, -0.15) is 0 Å². The molecule has 1 aliphatic carbocycles. The summed E-state index contributed by atoms with van der Waals surface area (Å²) in [6.07, 6.45) is 6.63. The van der Waals surface area contributed by atoms with Crippen LogP contribution in [-0.2, 0) is 8.85 Å². The van der Waals surface area contributed by atoms with E-state index in [9.17, 15) is 0 Å². The third-order valence-corrected chi connectivity index (χ3v) is 8.51. The zero-order chi connectivity index (χ0) is 18.2. The molecule has 3 rings (SSSR count). The Morgan fingerprint density at radius 3 is 1.85 bits per heavy atom. The first-order valence-electron chi connectivity index (χ1n) is 10.1. The molecule has 26 heavy (non-hydrogen) atoms. The first kappa shape index (κ1) is 19.3. The Balaban J connectivity index is 1.93. The van der Waals surface area contributed by atoms with Gasteiger partial charge in [0.1, 0.15) is 0 Å². The second-order valence-corrected chi connectivity index (χ2v) is 10.8. The fourth-order valence-corrected chi connectivity index (χ4v) is 7.11. The lowest BCUT2D eigenvalue weighted by atomic mass is 9.90. The second kappa shape index (κ2) is 9.49. The third-order valence-electron chi connectivity index (χ3n) is 5.17. The SMILES string of the molecule is CC(C)CO[Si](OCC1CCCCC1)(c1ccccc1)c1ccccc1. The van der Waals surface area contributed by atoms with Crippen LogP contribution in [0.15, 0.2) is 60.7 Å². The maximum Gasteiger partial charge on any atom is 0.407 e.